The number of nitrogens with one attached hydrogen (secondary N) is 1. The van der Waals surface area contributed by atoms with Crippen molar-refractivity contribution in [3.05, 3.63) is 65.7 Å². The van der Waals surface area contributed by atoms with E-state index in [0.29, 0.717) is 18.7 Å². The van der Waals surface area contributed by atoms with Crippen LogP contribution in [-0.2, 0) is 15.7 Å². The van der Waals surface area contributed by atoms with Crippen molar-refractivity contribution in [2.75, 3.05) is 11.9 Å². The van der Waals surface area contributed by atoms with Crippen LogP contribution in [0, 0.1) is 5.92 Å². The Hall–Kier alpha value is -2.54. The Labute approximate surface area is 167 Å². The van der Waals surface area contributed by atoms with Crippen molar-refractivity contribution in [1.29, 1.82) is 0 Å². The number of anilines is 1. The first-order chi connectivity index (χ1) is 13.7. The van der Waals surface area contributed by atoms with E-state index in [1.54, 1.807) is 35.2 Å². The highest BCUT2D eigenvalue weighted by Gasteiger charge is 2.54. The summed E-state index contributed by atoms with van der Waals surface area (Å²) in [6.07, 6.45) is -4.06. The van der Waals surface area contributed by atoms with Crippen LogP contribution in [0.3, 0.4) is 0 Å². The number of rotatable bonds is 4. The molecule has 1 amide bonds. The predicted octanol–water partition coefficient (Wildman–Crippen LogP) is 4.84. The quantitative estimate of drug-likeness (QED) is 0.793. The summed E-state index contributed by atoms with van der Waals surface area (Å²) in [4.78, 5) is 15.0. The molecule has 0 bridgehead atoms. The standard InChI is InChI=1S/C22H23F3N2O2/c1-21(2)27-15(13-29-21)12-17(20(27)28)19(26-14-8-4-3-5-9-14)16-10-6-7-11-18(16)22(23,24)25/h3-11,15,17,19,26H,12-13H2,1-2H3/t15?,17-,19+/m0/s1. The highest BCUT2D eigenvalue weighted by atomic mass is 19.4. The van der Waals surface area contributed by atoms with Crippen LogP contribution in [0.4, 0.5) is 18.9 Å². The molecule has 4 rings (SSSR count). The fourth-order valence-corrected chi connectivity index (χ4v) is 4.49. The number of benzene rings is 2. The molecule has 1 unspecified atom stereocenters. The summed E-state index contributed by atoms with van der Waals surface area (Å²) in [6.45, 7) is 4.03. The minimum absolute atomic E-state index is 0.0853. The summed E-state index contributed by atoms with van der Waals surface area (Å²) < 4.78 is 46.9. The molecule has 2 fully saturated rings. The Morgan fingerprint density at radius 1 is 1.10 bits per heavy atom. The largest absolute Gasteiger partial charge is 0.416 e. The Bertz CT molecular complexity index is 898. The van der Waals surface area contributed by atoms with Crippen LogP contribution in [0.25, 0.3) is 0 Å². The molecule has 154 valence electrons. The highest BCUT2D eigenvalue weighted by molar-refractivity contribution is 5.84. The maximum atomic E-state index is 13.7. The van der Waals surface area contributed by atoms with E-state index < -0.39 is 29.4 Å². The van der Waals surface area contributed by atoms with Crippen molar-refractivity contribution in [2.24, 2.45) is 5.92 Å². The molecule has 29 heavy (non-hydrogen) atoms. The van der Waals surface area contributed by atoms with Gasteiger partial charge in [-0.25, -0.2) is 0 Å². The summed E-state index contributed by atoms with van der Waals surface area (Å²) >= 11 is 0. The van der Waals surface area contributed by atoms with Crippen LogP contribution in [0.1, 0.15) is 37.4 Å². The second-order valence-electron chi connectivity index (χ2n) is 8.04. The van der Waals surface area contributed by atoms with Gasteiger partial charge in [0.15, 0.2) is 0 Å². The summed E-state index contributed by atoms with van der Waals surface area (Å²) in [5, 5.41) is 3.21. The first-order valence-electron chi connectivity index (χ1n) is 9.63. The van der Waals surface area contributed by atoms with E-state index in [1.165, 1.54) is 12.1 Å². The number of halogens is 3. The van der Waals surface area contributed by atoms with Crippen molar-refractivity contribution >= 4 is 11.6 Å². The van der Waals surface area contributed by atoms with Crippen molar-refractivity contribution < 1.29 is 22.7 Å². The zero-order chi connectivity index (χ0) is 20.8. The number of hydrogen-bond donors (Lipinski definition) is 1. The fourth-order valence-electron chi connectivity index (χ4n) is 4.49. The molecule has 3 atom stereocenters. The molecule has 2 saturated heterocycles. The lowest BCUT2D eigenvalue weighted by Crippen LogP contribution is -2.45. The number of ether oxygens (including phenoxy) is 1. The lowest BCUT2D eigenvalue weighted by atomic mass is 9.87. The summed E-state index contributed by atoms with van der Waals surface area (Å²) in [7, 11) is 0. The third-order valence-electron chi connectivity index (χ3n) is 5.75. The minimum atomic E-state index is -4.51. The molecule has 1 N–H and O–H groups in total. The molecular formula is C22H23F3N2O2. The molecule has 0 saturated carbocycles. The minimum Gasteiger partial charge on any atom is -0.377 e. The SMILES string of the molecule is CC1(C)OCC2C[C@@H]([C@H](Nc3ccccc3)c3ccccc3C(F)(F)F)C(=O)N21. The molecule has 0 spiro atoms. The second-order valence-corrected chi connectivity index (χ2v) is 8.04. The van der Waals surface area contributed by atoms with E-state index in [4.69, 9.17) is 4.74 Å². The number of hydrogen-bond acceptors (Lipinski definition) is 3. The molecule has 2 aliphatic rings. The number of amides is 1. The molecule has 4 nitrogen and oxygen atoms in total. The molecular weight excluding hydrogens is 381 g/mol. The van der Waals surface area contributed by atoms with E-state index in [9.17, 15) is 18.0 Å². The monoisotopic (exact) mass is 404 g/mol. The number of nitrogens with zero attached hydrogens (tertiary/aromatic N) is 1. The van der Waals surface area contributed by atoms with Crippen molar-refractivity contribution in [3.63, 3.8) is 0 Å². The molecule has 2 heterocycles. The summed E-state index contributed by atoms with van der Waals surface area (Å²) in [5.41, 5.74) is -0.715. The van der Waals surface area contributed by atoms with E-state index in [2.05, 4.69) is 5.32 Å². The smallest absolute Gasteiger partial charge is 0.377 e. The molecule has 2 aromatic rings. The Morgan fingerprint density at radius 3 is 2.41 bits per heavy atom. The highest BCUT2D eigenvalue weighted by Crippen LogP contribution is 2.45. The second kappa shape index (κ2) is 7.06. The zero-order valence-electron chi connectivity index (χ0n) is 16.2. The van der Waals surface area contributed by atoms with Gasteiger partial charge < -0.3 is 15.0 Å². The van der Waals surface area contributed by atoms with Gasteiger partial charge in [-0.2, -0.15) is 13.2 Å². The van der Waals surface area contributed by atoms with Crippen molar-refractivity contribution in [2.45, 2.75) is 44.3 Å². The fraction of sp³-hybridized carbons (Fsp3) is 0.409. The number of para-hydroxylation sites is 1. The van der Waals surface area contributed by atoms with Crippen LogP contribution >= 0.6 is 0 Å². The average molecular weight is 404 g/mol. The van der Waals surface area contributed by atoms with Crippen LogP contribution in [-0.4, -0.2) is 29.2 Å². The lowest BCUT2D eigenvalue weighted by Gasteiger charge is -2.32. The first-order valence-corrected chi connectivity index (χ1v) is 9.63. The number of fused-ring (bicyclic) bond motifs is 1. The van der Waals surface area contributed by atoms with Gasteiger partial charge in [-0.3, -0.25) is 4.79 Å². The van der Waals surface area contributed by atoms with Crippen LogP contribution < -0.4 is 5.32 Å². The summed E-state index contributed by atoms with van der Waals surface area (Å²) in [5.74, 6) is -0.796. The van der Waals surface area contributed by atoms with Crippen molar-refractivity contribution in [3.8, 4) is 0 Å². The van der Waals surface area contributed by atoms with Gasteiger partial charge in [0.2, 0.25) is 5.91 Å². The van der Waals surface area contributed by atoms with Gasteiger partial charge in [0, 0.05) is 5.69 Å². The molecule has 0 aromatic heterocycles. The maximum Gasteiger partial charge on any atom is 0.416 e. The van der Waals surface area contributed by atoms with Crippen molar-refractivity contribution in [1.82, 2.24) is 4.90 Å². The first kappa shape index (κ1) is 19.8. The van der Waals surface area contributed by atoms with Gasteiger partial charge in [0.25, 0.3) is 0 Å². The number of carbonyl (C=O) groups excluding carboxylic acids is 1. The van der Waals surface area contributed by atoms with Crippen LogP contribution in [0.5, 0.6) is 0 Å². The summed E-state index contributed by atoms with van der Waals surface area (Å²) in [6, 6.07) is 13.6. The van der Waals surface area contributed by atoms with Gasteiger partial charge in [-0.05, 0) is 44.0 Å². The van der Waals surface area contributed by atoms with Gasteiger partial charge in [0.1, 0.15) is 5.72 Å². The zero-order valence-corrected chi connectivity index (χ0v) is 16.2. The average Bonchev–Trinajstić information content (AvgIpc) is 3.17. The maximum absolute atomic E-state index is 13.7. The predicted molar refractivity (Wildman–Crippen MR) is 103 cm³/mol. The Balaban J connectivity index is 1.76. The third kappa shape index (κ3) is 3.59. The van der Waals surface area contributed by atoms with E-state index in [-0.39, 0.29) is 17.5 Å². The Kier molecular flexibility index (Phi) is 4.81. The van der Waals surface area contributed by atoms with E-state index in [1.807, 2.05) is 19.9 Å². The van der Waals surface area contributed by atoms with Gasteiger partial charge in [-0.1, -0.05) is 36.4 Å². The van der Waals surface area contributed by atoms with Gasteiger partial charge in [0.05, 0.1) is 30.2 Å². The van der Waals surface area contributed by atoms with Crippen LogP contribution in [0.2, 0.25) is 0 Å². The molecule has 2 aromatic carbocycles. The molecule has 7 heteroatoms. The molecule has 0 aliphatic carbocycles. The normalized spacial score (nSPS) is 24.4. The van der Waals surface area contributed by atoms with E-state index in [0.717, 1.165) is 6.07 Å². The molecule has 0 radical (unpaired) electrons. The topological polar surface area (TPSA) is 41.6 Å². The van der Waals surface area contributed by atoms with Crippen LogP contribution in [0.15, 0.2) is 54.6 Å². The number of carbonyl (C=O) groups is 1. The van der Waals surface area contributed by atoms with Gasteiger partial charge in [-0.15, -0.1) is 0 Å². The number of alkyl halides is 3. The molecule has 2 aliphatic heterocycles. The lowest BCUT2D eigenvalue weighted by molar-refractivity contribution is -0.146. The van der Waals surface area contributed by atoms with Gasteiger partial charge >= 0.3 is 6.18 Å². The van der Waals surface area contributed by atoms with E-state index >= 15 is 0 Å². The Morgan fingerprint density at radius 2 is 1.76 bits per heavy atom. The third-order valence-corrected chi connectivity index (χ3v) is 5.75.